The monoisotopic (exact) mass is 316 g/mol. The molecule has 1 aromatic carbocycles. The number of hydrogen-bond donors (Lipinski definition) is 1. The number of rotatable bonds is 8. The van der Waals surface area contributed by atoms with Gasteiger partial charge in [0.2, 0.25) is 5.91 Å². The van der Waals surface area contributed by atoms with Gasteiger partial charge in [0.25, 0.3) is 0 Å². The van der Waals surface area contributed by atoms with Gasteiger partial charge >= 0.3 is 0 Å². The molecule has 0 unspecified atom stereocenters. The molecule has 0 radical (unpaired) electrons. The molecule has 1 N–H and O–H groups in total. The van der Waals surface area contributed by atoms with E-state index in [1.165, 1.54) is 5.56 Å². The second-order valence-electron chi connectivity index (χ2n) is 5.76. The molecule has 1 amide bonds. The van der Waals surface area contributed by atoms with E-state index in [0.29, 0.717) is 12.3 Å². The number of hydrogen-bond acceptors (Lipinski definition) is 3. The lowest BCUT2D eigenvalue weighted by atomic mass is 10.1. The lowest BCUT2D eigenvalue weighted by molar-refractivity contribution is -0.121. The van der Waals surface area contributed by atoms with Crippen LogP contribution in [0.5, 0.6) is 0 Å². The molecule has 3 nitrogen and oxygen atoms in total. The standard InChI is InChI=1S/C18H24N2OS/c1-14(2)16-13-22-18(20-16)11-10-17(21)19-12-6-9-15-7-4-3-5-8-15/h3-5,7-8,13-14H,6,9-12H2,1-2H3,(H,19,21). The van der Waals surface area contributed by atoms with Crippen molar-refractivity contribution in [1.29, 1.82) is 0 Å². The van der Waals surface area contributed by atoms with Crippen molar-refractivity contribution >= 4 is 17.2 Å². The quantitative estimate of drug-likeness (QED) is 0.749. The third-order valence-corrected chi connectivity index (χ3v) is 4.46. The summed E-state index contributed by atoms with van der Waals surface area (Å²) < 4.78 is 0. The van der Waals surface area contributed by atoms with E-state index in [4.69, 9.17) is 0 Å². The van der Waals surface area contributed by atoms with Gasteiger partial charge in [0, 0.05) is 24.8 Å². The molecule has 0 aliphatic heterocycles. The number of nitrogens with one attached hydrogen (secondary N) is 1. The van der Waals surface area contributed by atoms with Gasteiger partial charge in [-0.1, -0.05) is 44.2 Å². The highest BCUT2D eigenvalue weighted by Crippen LogP contribution is 2.18. The smallest absolute Gasteiger partial charge is 0.220 e. The van der Waals surface area contributed by atoms with E-state index < -0.39 is 0 Å². The summed E-state index contributed by atoms with van der Waals surface area (Å²) in [5, 5.41) is 6.14. The number of aromatic nitrogens is 1. The fourth-order valence-corrected chi connectivity index (χ4v) is 3.14. The SMILES string of the molecule is CC(C)c1csc(CCC(=O)NCCCc2ccccc2)n1. The molecule has 0 aliphatic carbocycles. The van der Waals surface area contributed by atoms with E-state index in [1.807, 2.05) is 18.2 Å². The highest BCUT2D eigenvalue weighted by Gasteiger charge is 2.07. The minimum atomic E-state index is 0.120. The van der Waals surface area contributed by atoms with Crippen LogP contribution in [0.2, 0.25) is 0 Å². The van der Waals surface area contributed by atoms with E-state index in [-0.39, 0.29) is 5.91 Å². The molecule has 0 bridgehead atoms. The number of nitrogens with zero attached hydrogens (tertiary/aromatic N) is 1. The normalized spacial score (nSPS) is 10.9. The van der Waals surface area contributed by atoms with Crippen molar-refractivity contribution in [3.63, 3.8) is 0 Å². The Morgan fingerprint density at radius 2 is 2.00 bits per heavy atom. The first-order valence-corrected chi connectivity index (χ1v) is 8.78. The summed E-state index contributed by atoms with van der Waals surface area (Å²) in [6, 6.07) is 10.4. The number of amides is 1. The minimum absolute atomic E-state index is 0.120. The Labute approximate surface area is 136 Å². The number of carbonyl (C=O) groups is 1. The second kappa shape index (κ2) is 8.69. The molecule has 1 heterocycles. The van der Waals surface area contributed by atoms with Gasteiger partial charge in [0.15, 0.2) is 0 Å². The molecule has 1 aromatic heterocycles. The summed E-state index contributed by atoms with van der Waals surface area (Å²) in [6.45, 7) is 5.01. The van der Waals surface area contributed by atoms with E-state index in [1.54, 1.807) is 11.3 Å². The zero-order valence-corrected chi connectivity index (χ0v) is 14.2. The van der Waals surface area contributed by atoms with Crippen molar-refractivity contribution in [2.24, 2.45) is 0 Å². The van der Waals surface area contributed by atoms with Crippen LogP contribution < -0.4 is 5.32 Å². The van der Waals surface area contributed by atoms with Gasteiger partial charge in [-0.25, -0.2) is 4.98 Å². The molecule has 2 rings (SSSR count). The van der Waals surface area contributed by atoms with Gasteiger partial charge < -0.3 is 5.32 Å². The van der Waals surface area contributed by atoms with Crippen molar-refractivity contribution in [1.82, 2.24) is 10.3 Å². The van der Waals surface area contributed by atoms with Crippen molar-refractivity contribution in [2.75, 3.05) is 6.54 Å². The Hall–Kier alpha value is -1.68. The lowest BCUT2D eigenvalue weighted by Crippen LogP contribution is -2.24. The first-order valence-electron chi connectivity index (χ1n) is 7.90. The maximum absolute atomic E-state index is 11.8. The van der Waals surface area contributed by atoms with Crippen LogP contribution in [0, 0.1) is 0 Å². The fourth-order valence-electron chi connectivity index (χ4n) is 2.18. The van der Waals surface area contributed by atoms with Crippen LogP contribution in [-0.2, 0) is 17.6 Å². The van der Waals surface area contributed by atoms with Gasteiger partial charge in [-0.2, -0.15) is 0 Å². The first kappa shape index (κ1) is 16.7. The molecular formula is C18H24N2OS. The molecule has 2 aromatic rings. The largest absolute Gasteiger partial charge is 0.356 e. The Morgan fingerprint density at radius 3 is 2.68 bits per heavy atom. The average Bonchev–Trinajstić information content (AvgIpc) is 3.00. The maximum atomic E-state index is 11.8. The molecule has 0 fully saturated rings. The van der Waals surface area contributed by atoms with Crippen LogP contribution in [0.15, 0.2) is 35.7 Å². The Balaban J connectivity index is 1.61. The first-order chi connectivity index (χ1) is 10.6. The van der Waals surface area contributed by atoms with Crippen LogP contribution in [0.3, 0.4) is 0 Å². The van der Waals surface area contributed by atoms with Crippen molar-refractivity contribution in [2.45, 2.75) is 45.4 Å². The maximum Gasteiger partial charge on any atom is 0.220 e. The molecule has 0 saturated carbocycles. The molecule has 0 atom stereocenters. The van der Waals surface area contributed by atoms with Crippen LogP contribution in [0.25, 0.3) is 0 Å². The van der Waals surface area contributed by atoms with Gasteiger partial charge in [-0.05, 0) is 24.3 Å². The van der Waals surface area contributed by atoms with E-state index in [9.17, 15) is 4.79 Å². The van der Waals surface area contributed by atoms with Crippen LogP contribution >= 0.6 is 11.3 Å². The minimum Gasteiger partial charge on any atom is -0.356 e. The van der Waals surface area contributed by atoms with Gasteiger partial charge in [-0.3, -0.25) is 4.79 Å². The Kier molecular flexibility index (Phi) is 6.59. The zero-order valence-electron chi connectivity index (χ0n) is 13.3. The molecule has 0 saturated heterocycles. The average molecular weight is 316 g/mol. The van der Waals surface area contributed by atoms with Crippen LogP contribution in [-0.4, -0.2) is 17.4 Å². The molecule has 0 aliphatic rings. The Morgan fingerprint density at radius 1 is 1.23 bits per heavy atom. The molecule has 118 valence electrons. The third-order valence-electron chi connectivity index (χ3n) is 3.53. The Bertz CT molecular complexity index is 578. The van der Waals surface area contributed by atoms with Crippen molar-refractivity contribution in [3.05, 3.63) is 52.0 Å². The van der Waals surface area contributed by atoms with E-state index >= 15 is 0 Å². The summed E-state index contributed by atoms with van der Waals surface area (Å²) in [4.78, 5) is 16.4. The van der Waals surface area contributed by atoms with Gasteiger partial charge in [0.1, 0.15) is 0 Å². The molecule has 4 heteroatoms. The molecular weight excluding hydrogens is 292 g/mol. The predicted octanol–water partition coefficient (Wildman–Crippen LogP) is 3.95. The van der Waals surface area contributed by atoms with E-state index in [2.05, 4.69) is 41.7 Å². The third kappa shape index (κ3) is 5.60. The van der Waals surface area contributed by atoms with Gasteiger partial charge in [0.05, 0.1) is 10.7 Å². The van der Waals surface area contributed by atoms with Gasteiger partial charge in [-0.15, -0.1) is 11.3 Å². The summed E-state index contributed by atoms with van der Waals surface area (Å²) in [6.07, 6.45) is 3.24. The van der Waals surface area contributed by atoms with Crippen molar-refractivity contribution < 1.29 is 4.79 Å². The van der Waals surface area contributed by atoms with Crippen molar-refractivity contribution in [3.8, 4) is 0 Å². The summed E-state index contributed by atoms with van der Waals surface area (Å²) in [7, 11) is 0. The summed E-state index contributed by atoms with van der Waals surface area (Å²) in [5.41, 5.74) is 2.45. The topological polar surface area (TPSA) is 42.0 Å². The fraction of sp³-hybridized carbons (Fsp3) is 0.444. The second-order valence-corrected chi connectivity index (χ2v) is 6.70. The summed E-state index contributed by atoms with van der Waals surface area (Å²) >= 11 is 1.65. The van der Waals surface area contributed by atoms with E-state index in [0.717, 1.165) is 36.5 Å². The molecule has 0 spiro atoms. The van der Waals surface area contributed by atoms with Crippen LogP contribution in [0.1, 0.15) is 48.9 Å². The lowest BCUT2D eigenvalue weighted by Gasteiger charge is -2.05. The number of benzene rings is 1. The number of aryl methyl sites for hydroxylation is 2. The summed E-state index contributed by atoms with van der Waals surface area (Å²) in [5.74, 6) is 0.575. The number of thiazole rings is 1. The highest BCUT2D eigenvalue weighted by atomic mass is 32.1. The van der Waals surface area contributed by atoms with Crippen LogP contribution in [0.4, 0.5) is 0 Å². The highest BCUT2D eigenvalue weighted by molar-refractivity contribution is 7.09. The molecule has 22 heavy (non-hydrogen) atoms. The zero-order chi connectivity index (χ0) is 15.8. The number of carbonyl (C=O) groups excluding carboxylic acids is 1. The predicted molar refractivity (Wildman–Crippen MR) is 92.3 cm³/mol.